The molecular formula is C17H13FN4. The number of nitrogens with zero attached hydrogens (tertiary/aromatic N) is 2. The number of halogens is 1. The third-order valence-corrected chi connectivity index (χ3v) is 3.94. The van der Waals surface area contributed by atoms with Gasteiger partial charge in [0, 0.05) is 12.0 Å². The summed E-state index contributed by atoms with van der Waals surface area (Å²) in [5.74, 6) is 0.315. The summed E-state index contributed by atoms with van der Waals surface area (Å²) in [5.41, 5.74) is 17.5. The number of hydrogen-bond acceptors (Lipinski definition) is 4. The molecule has 0 unspecified atom stereocenters. The number of nitrogen functional groups attached to an aromatic ring is 2. The number of hydrogen-bond donors (Lipinski definition) is 2. The monoisotopic (exact) mass is 292 g/mol. The van der Waals surface area contributed by atoms with Gasteiger partial charge in [0.2, 0.25) is 5.95 Å². The Labute approximate surface area is 126 Å². The molecule has 4 rings (SSSR count). The van der Waals surface area contributed by atoms with Crippen LogP contribution in [0.25, 0.3) is 22.3 Å². The molecule has 0 spiro atoms. The minimum Gasteiger partial charge on any atom is -0.383 e. The predicted octanol–water partition coefficient (Wildman–Crippen LogP) is 3.02. The van der Waals surface area contributed by atoms with Crippen LogP contribution >= 0.6 is 0 Å². The van der Waals surface area contributed by atoms with Gasteiger partial charge in [0.1, 0.15) is 11.6 Å². The van der Waals surface area contributed by atoms with Crippen molar-refractivity contribution in [3.8, 4) is 22.3 Å². The van der Waals surface area contributed by atoms with Crippen LogP contribution in [0.15, 0.2) is 42.5 Å². The van der Waals surface area contributed by atoms with Crippen molar-refractivity contribution in [2.75, 3.05) is 11.5 Å². The third kappa shape index (κ3) is 1.83. The normalized spacial score (nSPS) is 12.0. The summed E-state index contributed by atoms with van der Waals surface area (Å²) in [5, 5.41) is 0. The van der Waals surface area contributed by atoms with Crippen LogP contribution < -0.4 is 11.5 Å². The molecule has 3 aromatic rings. The van der Waals surface area contributed by atoms with Gasteiger partial charge in [-0.25, -0.2) is 9.37 Å². The number of fused-ring (bicyclic) bond motifs is 3. The topological polar surface area (TPSA) is 77.8 Å². The molecule has 0 aliphatic heterocycles. The van der Waals surface area contributed by atoms with Crippen molar-refractivity contribution in [2.45, 2.75) is 6.42 Å². The van der Waals surface area contributed by atoms with Crippen molar-refractivity contribution in [1.29, 1.82) is 0 Å². The fraction of sp³-hybridized carbons (Fsp3) is 0.0588. The molecule has 1 aromatic heterocycles. The Balaban J connectivity index is 1.99. The number of aromatic nitrogens is 2. The van der Waals surface area contributed by atoms with Crippen LogP contribution in [0.4, 0.5) is 16.2 Å². The van der Waals surface area contributed by atoms with Gasteiger partial charge in [-0.1, -0.05) is 30.3 Å². The number of benzene rings is 2. The maximum atomic E-state index is 13.2. The molecule has 0 saturated carbocycles. The molecule has 22 heavy (non-hydrogen) atoms. The smallest absolute Gasteiger partial charge is 0.222 e. The molecule has 1 aliphatic carbocycles. The van der Waals surface area contributed by atoms with Gasteiger partial charge in [-0.3, -0.25) is 0 Å². The molecule has 0 saturated heterocycles. The second-order valence-electron chi connectivity index (χ2n) is 5.31. The zero-order chi connectivity index (χ0) is 15.3. The van der Waals surface area contributed by atoms with Crippen LogP contribution in [0.2, 0.25) is 0 Å². The van der Waals surface area contributed by atoms with Gasteiger partial charge in [-0.05, 0) is 34.4 Å². The first kappa shape index (κ1) is 12.8. The predicted molar refractivity (Wildman–Crippen MR) is 84.5 cm³/mol. The van der Waals surface area contributed by atoms with Crippen molar-refractivity contribution < 1.29 is 4.39 Å². The van der Waals surface area contributed by atoms with Gasteiger partial charge < -0.3 is 11.5 Å². The minimum absolute atomic E-state index is 0.187. The molecule has 2 aromatic carbocycles. The Morgan fingerprint density at radius 3 is 2.45 bits per heavy atom. The molecule has 0 bridgehead atoms. The first-order valence-electron chi connectivity index (χ1n) is 6.93. The van der Waals surface area contributed by atoms with Crippen LogP contribution in [0.5, 0.6) is 0 Å². The zero-order valence-electron chi connectivity index (χ0n) is 11.7. The zero-order valence-corrected chi connectivity index (χ0v) is 11.7. The lowest BCUT2D eigenvalue weighted by Gasteiger charge is -2.11. The Morgan fingerprint density at radius 1 is 0.909 bits per heavy atom. The highest BCUT2D eigenvalue weighted by molar-refractivity contribution is 5.93. The maximum Gasteiger partial charge on any atom is 0.222 e. The van der Waals surface area contributed by atoms with E-state index in [9.17, 15) is 4.39 Å². The lowest BCUT2D eigenvalue weighted by atomic mass is 9.94. The van der Waals surface area contributed by atoms with Crippen molar-refractivity contribution in [3.63, 3.8) is 0 Å². The quantitative estimate of drug-likeness (QED) is 0.565. The van der Waals surface area contributed by atoms with E-state index in [-0.39, 0.29) is 11.8 Å². The molecule has 4 N–H and O–H groups in total. The molecule has 0 amide bonds. The fourth-order valence-electron chi connectivity index (χ4n) is 3.04. The molecule has 5 heteroatoms. The van der Waals surface area contributed by atoms with Gasteiger partial charge in [-0.15, -0.1) is 0 Å². The number of anilines is 2. The summed E-state index contributed by atoms with van der Waals surface area (Å²) in [6.07, 6.45) is 0.677. The van der Waals surface area contributed by atoms with Gasteiger partial charge in [-0.2, -0.15) is 4.98 Å². The molecule has 108 valence electrons. The lowest BCUT2D eigenvalue weighted by Crippen LogP contribution is -2.03. The standard InChI is InChI=1S/C17H13FN4/c18-11-6-4-9(5-7-11)12-3-1-2-10-8-13-15(14(10)12)16(19)22-17(20)21-13/h1-7H,8H2,(H4,19,20,21,22). The molecule has 1 aliphatic rings. The fourth-order valence-corrected chi connectivity index (χ4v) is 3.04. The average Bonchev–Trinajstić information content (AvgIpc) is 2.86. The summed E-state index contributed by atoms with van der Waals surface area (Å²) < 4.78 is 13.2. The number of rotatable bonds is 1. The van der Waals surface area contributed by atoms with E-state index < -0.39 is 0 Å². The van der Waals surface area contributed by atoms with E-state index in [1.54, 1.807) is 12.1 Å². The Morgan fingerprint density at radius 2 is 1.68 bits per heavy atom. The minimum atomic E-state index is -0.257. The van der Waals surface area contributed by atoms with Crippen molar-refractivity contribution in [3.05, 3.63) is 59.5 Å². The molecule has 1 heterocycles. The lowest BCUT2D eigenvalue weighted by molar-refractivity contribution is 0.628. The van der Waals surface area contributed by atoms with Gasteiger partial charge in [0.05, 0.1) is 5.69 Å². The first-order valence-corrected chi connectivity index (χ1v) is 6.93. The SMILES string of the molecule is Nc1nc(N)c2c(n1)Cc1cccc(-c3ccc(F)cc3)c1-2. The summed E-state index contributed by atoms with van der Waals surface area (Å²) in [4.78, 5) is 8.38. The summed E-state index contributed by atoms with van der Waals surface area (Å²) >= 11 is 0. The highest BCUT2D eigenvalue weighted by atomic mass is 19.1. The third-order valence-electron chi connectivity index (χ3n) is 3.94. The van der Waals surface area contributed by atoms with E-state index in [1.165, 1.54) is 12.1 Å². The molecule has 0 radical (unpaired) electrons. The van der Waals surface area contributed by atoms with E-state index in [0.717, 1.165) is 33.5 Å². The largest absolute Gasteiger partial charge is 0.383 e. The summed E-state index contributed by atoms with van der Waals surface area (Å²) in [7, 11) is 0. The van der Waals surface area contributed by atoms with E-state index in [4.69, 9.17) is 11.5 Å². The molecular weight excluding hydrogens is 279 g/mol. The summed E-state index contributed by atoms with van der Waals surface area (Å²) in [6.45, 7) is 0. The van der Waals surface area contributed by atoms with Gasteiger partial charge in [0.15, 0.2) is 0 Å². The average molecular weight is 292 g/mol. The van der Waals surface area contributed by atoms with Crippen molar-refractivity contribution >= 4 is 11.8 Å². The second-order valence-corrected chi connectivity index (χ2v) is 5.31. The Kier molecular flexibility index (Phi) is 2.63. The van der Waals surface area contributed by atoms with Crippen LogP contribution in [-0.4, -0.2) is 9.97 Å². The van der Waals surface area contributed by atoms with E-state index in [0.29, 0.717) is 12.2 Å². The van der Waals surface area contributed by atoms with Crippen LogP contribution in [0.3, 0.4) is 0 Å². The van der Waals surface area contributed by atoms with Crippen LogP contribution in [-0.2, 0) is 6.42 Å². The molecule has 0 fully saturated rings. The van der Waals surface area contributed by atoms with Crippen LogP contribution in [0, 0.1) is 5.82 Å². The van der Waals surface area contributed by atoms with Crippen molar-refractivity contribution in [2.24, 2.45) is 0 Å². The molecule has 4 nitrogen and oxygen atoms in total. The Bertz CT molecular complexity index is 888. The van der Waals surface area contributed by atoms with E-state index in [1.807, 2.05) is 18.2 Å². The second kappa shape index (κ2) is 4.53. The van der Waals surface area contributed by atoms with Crippen molar-refractivity contribution in [1.82, 2.24) is 9.97 Å². The van der Waals surface area contributed by atoms with Gasteiger partial charge >= 0.3 is 0 Å². The van der Waals surface area contributed by atoms with Crippen LogP contribution in [0.1, 0.15) is 11.3 Å². The molecule has 0 atom stereocenters. The van der Waals surface area contributed by atoms with Gasteiger partial charge in [0.25, 0.3) is 0 Å². The first-order chi connectivity index (χ1) is 10.6. The number of nitrogens with two attached hydrogens (primary N) is 2. The van der Waals surface area contributed by atoms with E-state index in [2.05, 4.69) is 9.97 Å². The Hall–Kier alpha value is -2.95. The van der Waals surface area contributed by atoms with E-state index >= 15 is 0 Å². The summed E-state index contributed by atoms with van der Waals surface area (Å²) in [6, 6.07) is 12.4. The highest BCUT2D eigenvalue weighted by Crippen LogP contribution is 2.44. The maximum absolute atomic E-state index is 13.2. The highest BCUT2D eigenvalue weighted by Gasteiger charge is 2.26.